The Kier molecular flexibility index (Phi) is 5.69. The molecular formula is C15H17N3O5S. The molecular weight excluding hydrogens is 334 g/mol. The highest BCUT2D eigenvalue weighted by Gasteiger charge is 2.16. The molecule has 1 amide bonds. The minimum absolute atomic E-state index is 0.0706. The summed E-state index contributed by atoms with van der Waals surface area (Å²) in [6.07, 6.45) is 0. The van der Waals surface area contributed by atoms with Crippen LogP contribution in [0.25, 0.3) is 0 Å². The second kappa shape index (κ2) is 7.73. The van der Waals surface area contributed by atoms with E-state index in [1.54, 1.807) is 11.4 Å². The fourth-order valence-corrected chi connectivity index (χ4v) is 2.76. The zero-order valence-electron chi connectivity index (χ0n) is 13.5. The average Bonchev–Trinajstić information content (AvgIpc) is 3.11. The second-order valence-electron chi connectivity index (χ2n) is 4.95. The van der Waals surface area contributed by atoms with E-state index in [0.29, 0.717) is 5.69 Å². The van der Waals surface area contributed by atoms with Gasteiger partial charge in [-0.05, 0) is 31.4 Å². The van der Waals surface area contributed by atoms with Gasteiger partial charge >= 0.3 is 11.9 Å². The Hall–Kier alpha value is -2.68. The van der Waals surface area contributed by atoms with Gasteiger partial charge in [0, 0.05) is 5.69 Å². The number of carbonyl (C=O) groups excluding carboxylic acids is 3. The van der Waals surface area contributed by atoms with Gasteiger partial charge in [0.25, 0.3) is 5.91 Å². The topological polar surface area (TPSA) is 99.5 Å². The first-order chi connectivity index (χ1) is 11.4. The Morgan fingerprint density at radius 2 is 2.08 bits per heavy atom. The monoisotopic (exact) mass is 351 g/mol. The lowest BCUT2D eigenvalue weighted by atomic mass is 10.4. The molecule has 128 valence electrons. The smallest absolute Gasteiger partial charge is 0.350 e. The number of amides is 1. The molecule has 0 atom stereocenters. The molecule has 0 bridgehead atoms. The van der Waals surface area contributed by atoms with E-state index in [9.17, 15) is 14.4 Å². The molecule has 0 aromatic carbocycles. The molecule has 0 radical (unpaired) electrons. The van der Waals surface area contributed by atoms with Gasteiger partial charge in [0.15, 0.2) is 6.61 Å². The Morgan fingerprint density at radius 1 is 1.33 bits per heavy atom. The zero-order chi connectivity index (χ0) is 17.7. The zero-order valence-corrected chi connectivity index (χ0v) is 14.3. The number of carbonyl (C=O) groups is 3. The summed E-state index contributed by atoms with van der Waals surface area (Å²) in [5.74, 6) is -1.66. The number of hydrogen-bond acceptors (Lipinski definition) is 7. The van der Waals surface area contributed by atoms with Crippen molar-refractivity contribution in [2.75, 3.05) is 19.0 Å². The summed E-state index contributed by atoms with van der Waals surface area (Å²) in [5, 5.41) is 8.30. The fraction of sp³-hybridized carbons (Fsp3) is 0.333. The summed E-state index contributed by atoms with van der Waals surface area (Å²) in [4.78, 5) is 35.4. The number of methoxy groups -OCH3 is 1. The summed E-state index contributed by atoms with van der Waals surface area (Å²) in [6, 6.07) is 3.41. The Morgan fingerprint density at radius 3 is 2.71 bits per heavy atom. The SMILES string of the molecule is COC(=O)c1sccc1NC(=O)COC(=O)Cn1nc(C)cc1C. The van der Waals surface area contributed by atoms with E-state index >= 15 is 0 Å². The highest BCUT2D eigenvalue weighted by molar-refractivity contribution is 7.12. The lowest BCUT2D eigenvalue weighted by Crippen LogP contribution is -2.24. The Bertz CT molecular complexity index is 765. The highest BCUT2D eigenvalue weighted by atomic mass is 32.1. The largest absolute Gasteiger partial charge is 0.465 e. The van der Waals surface area contributed by atoms with E-state index in [1.807, 2.05) is 19.9 Å². The third-order valence-corrected chi connectivity index (χ3v) is 3.95. The van der Waals surface area contributed by atoms with Crippen molar-refractivity contribution in [1.29, 1.82) is 0 Å². The van der Waals surface area contributed by atoms with Gasteiger partial charge in [0.2, 0.25) is 0 Å². The summed E-state index contributed by atoms with van der Waals surface area (Å²) in [7, 11) is 1.26. The third-order valence-electron chi connectivity index (χ3n) is 3.06. The lowest BCUT2D eigenvalue weighted by molar-refractivity contribution is -0.148. The standard InChI is InChI=1S/C15H17N3O5S/c1-9-6-10(2)18(17-9)7-13(20)23-8-12(19)16-11-4-5-24-14(11)15(21)22-3/h4-6H,7-8H2,1-3H3,(H,16,19). The van der Waals surface area contributed by atoms with Crippen molar-refractivity contribution >= 4 is 34.9 Å². The number of nitrogens with zero attached hydrogens (tertiary/aromatic N) is 2. The normalized spacial score (nSPS) is 10.3. The molecule has 0 unspecified atom stereocenters. The number of thiophene rings is 1. The van der Waals surface area contributed by atoms with Crippen molar-refractivity contribution in [2.24, 2.45) is 0 Å². The maximum absolute atomic E-state index is 11.8. The van der Waals surface area contributed by atoms with Crippen molar-refractivity contribution in [3.05, 3.63) is 33.8 Å². The van der Waals surface area contributed by atoms with E-state index in [-0.39, 0.29) is 11.4 Å². The predicted octanol–water partition coefficient (Wildman–Crippen LogP) is 1.53. The number of nitrogens with one attached hydrogen (secondary N) is 1. The van der Waals surface area contributed by atoms with Crippen LogP contribution in [-0.2, 0) is 25.6 Å². The second-order valence-corrected chi connectivity index (χ2v) is 5.86. The van der Waals surface area contributed by atoms with E-state index in [2.05, 4.69) is 15.2 Å². The minimum Gasteiger partial charge on any atom is -0.465 e. The number of ether oxygens (including phenoxy) is 2. The van der Waals surface area contributed by atoms with Crippen LogP contribution < -0.4 is 5.32 Å². The molecule has 1 N–H and O–H groups in total. The number of rotatable bonds is 6. The first-order valence-corrected chi connectivity index (χ1v) is 7.91. The first-order valence-electron chi connectivity index (χ1n) is 7.03. The third kappa shape index (κ3) is 4.42. The average molecular weight is 351 g/mol. The van der Waals surface area contributed by atoms with Gasteiger partial charge in [-0.3, -0.25) is 14.3 Å². The van der Waals surface area contributed by atoms with Crippen LogP contribution in [-0.4, -0.2) is 41.3 Å². The van der Waals surface area contributed by atoms with Crippen molar-refractivity contribution in [3.8, 4) is 0 Å². The Labute approximate surface area is 142 Å². The van der Waals surface area contributed by atoms with Crippen LogP contribution in [0.3, 0.4) is 0 Å². The Balaban J connectivity index is 1.85. The molecule has 0 saturated carbocycles. The lowest BCUT2D eigenvalue weighted by Gasteiger charge is -2.07. The molecule has 2 rings (SSSR count). The molecule has 0 saturated heterocycles. The summed E-state index contributed by atoms with van der Waals surface area (Å²) >= 11 is 1.15. The van der Waals surface area contributed by atoms with Crippen molar-refractivity contribution in [2.45, 2.75) is 20.4 Å². The fourth-order valence-electron chi connectivity index (χ4n) is 1.99. The molecule has 0 aliphatic carbocycles. The molecule has 24 heavy (non-hydrogen) atoms. The van der Waals surface area contributed by atoms with Crippen molar-refractivity contribution in [1.82, 2.24) is 9.78 Å². The molecule has 0 aliphatic heterocycles. The van der Waals surface area contributed by atoms with Crippen molar-refractivity contribution < 1.29 is 23.9 Å². The summed E-state index contributed by atoms with van der Waals surface area (Å²) in [6.45, 7) is 3.13. The molecule has 8 nitrogen and oxygen atoms in total. The van der Waals surface area contributed by atoms with Crippen LogP contribution in [0.2, 0.25) is 0 Å². The van der Waals surface area contributed by atoms with Crippen LogP contribution in [0.4, 0.5) is 5.69 Å². The van der Waals surface area contributed by atoms with E-state index in [1.165, 1.54) is 11.8 Å². The van der Waals surface area contributed by atoms with Gasteiger partial charge in [-0.1, -0.05) is 0 Å². The molecule has 0 aliphatic rings. The van der Waals surface area contributed by atoms with E-state index < -0.39 is 24.5 Å². The van der Waals surface area contributed by atoms with Crippen molar-refractivity contribution in [3.63, 3.8) is 0 Å². The van der Waals surface area contributed by atoms with Gasteiger partial charge in [-0.15, -0.1) is 11.3 Å². The number of hydrogen-bond donors (Lipinski definition) is 1. The number of anilines is 1. The molecule has 9 heteroatoms. The summed E-state index contributed by atoms with van der Waals surface area (Å²) in [5.41, 5.74) is 1.95. The molecule has 2 heterocycles. The van der Waals surface area contributed by atoms with Gasteiger partial charge in [0.1, 0.15) is 11.4 Å². The van der Waals surface area contributed by atoms with E-state index in [0.717, 1.165) is 22.7 Å². The first kappa shape index (κ1) is 17.7. The predicted molar refractivity (Wildman–Crippen MR) is 86.9 cm³/mol. The van der Waals surface area contributed by atoms with Crippen LogP contribution in [0.1, 0.15) is 21.1 Å². The van der Waals surface area contributed by atoms with Gasteiger partial charge in [0.05, 0.1) is 18.5 Å². The molecule has 2 aromatic heterocycles. The number of esters is 2. The van der Waals surface area contributed by atoms with Crippen LogP contribution in [0, 0.1) is 13.8 Å². The van der Waals surface area contributed by atoms with Gasteiger partial charge in [-0.25, -0.2) is 4.79 Å². The minimum atomic E-state index is -0.574. The number of aryl methyl sites for hydroxylation is 2. The quantitative estimate of drug-likeness (QED) is 0.792. The van der Waals surface area contributed by atoms with Crippen LogP contribution >= 0.6 is 11.3 Å². The maximum atomic E-state index is 11.8. The molecule has 0 spiro atoms. The molecule has 0 fully saturated rings. The van der Waals surface area contributed by atoms with Crippen LogP contribution in [0.5, 0.6) is 0 Å². The van der Waals surface area contributed by atoms with Gasteiger partial charge < -0.3 is 14.8 Å². The maximum Gasteiger partial charge on any atom is 0.350 e. The van der Waals surface area contributed by atoms with E-state index in [4.69, 9.17) is 4.74 Å². The van der Waals surface area contributed by atoms with Gasteiger partial charge in [-0.2, -0.15) is 5.10 Å². The molecule has 2 aromatic rings. The highest BCUT2D eigenvalue weighted by Crippen LogP contribution is 2.22. The number of aromatic nitrogens is 2. The van der Waals surface area contributed by atoms with Crippen LogP contribution in [0.15, 0.2) is 17.5 Å². The summed E-state index contributed by atoms with van der Waals surface area (Å²) < 4.78 is 11.0.